The van der Waals surface area contributed by atoms with Gasteiger partial charge in [-0.15, -0.1) is 0 Å². The van der Waals surface area contributed by atoms with Crippen molar-refractivity contribution >= 4 is 41.8 Å². The van der Waals surface area contributed by atoms with E-state index in [1.807, 2.05) is 0 Å². The summed E-state index contributed by atoms with van der Waals surface area (Å²) in [4.78, 5) is 78.9. The third-order valence-electron chi connectivity index (χ3n) is 5.43. The van der Waals surface area contributed by atoms with Gasteiger partial charge in [-0.1, -0.05) is 46.7 Å². The maximum atomic E-state index is 11.4. The van der Waals surface area contributed by atoms with Gasteiger partial charge in [0.15, 0.2) is 0 Å². The number of ether oxygens (including phenoxy) is 7. The first-order valence-electron chi connectivity index (χ1n) is 13.6. The second-order valence-electron chi connectivity index (χ2n) is 9.25. The van der Waals surface area contributed by atoms with Crippen LogP contribution in [0.3, 0.4) is 0 Å². The lowest BCUT2D eigenvalue weighted by Gasteiger charge is -2.31. The molecule has 0 fully saturated rings. The summed E-state index contributed by atoms with van der Waals surface area (Å²) in [7, 11) is 0. The molecule has 0 aromatic rings. The van der Waals surface area contributed by atoms with Gasteiger partial charge in [0.25, 0.3) is 0 Å². The standard InChI is InChI=1S/C17H22O8.C14H20O7/c1-5-13(18)22-9-17(10-23-14(19)6-2,11-24-15(20)7-3)12-25-16(21)8-4;1-4-11(16)19-8-14(7-15,9-20-12(17)5-2)10-21-13(18)6-3/h5-7H,1-3,8-12H2,4H3;4-5,15H,1-2,6-10H2,3H3. The first kappa shape index (κ1) is 43.1. The van der Waals surface area contributed by atoms with Crippen LogP contribution in [0.1, 0.15) is 26.7 Å². The molecule has 0 aliphatic carbocycles. The first-order chi connectivity index (χ1) is 21.7. The Morgan fingerprint density at radius 3 is 0.891 bits per heavy atom. The van der Waals surface area contributed by atoms with Crippen molar-refractivity contribution in [1.29, 1.82) is 0 Å². The van der Waals surface area contributed by atoms with Crippen molar-refractivity contribution in [3.8, 4) is 0 Å². The Bertz CT molecular complexity index is 1020. The van der Waals surface area contributed by atoms with E-state index in [9.17, 15) is 38.7 Å². The number of rotatable bonds is 22. The summed E-state index contributed by atoms with van der Waals surface area (Å²) in [6.45, 7) is 16.8. The van der Waals surface area contributed by atoms with E-state index in [1.54, 1.807) is 13.8 Å². The van der Waals surface area contributed by atoms with Gasteiger partial charge < -0.3 is 38.3 Å². The lowest BCUT2D eigenvalue weighted by molar-refractivity contribution is -0.167. The molecule has 0 spiro atoms. The second-order valence-corrected chi connectivity index (χ2v) is 9.25. The Morgan fingerprint density at radius 2 is 0.674 bits per heavy atom. The predicted octanol–water partition coefficient (Wildman–Crippen LogP) is 1.49. The molecule has 0 bridgehead atoms. The van der Waals surface area contributed by atoms with E-state index < -0.39 is 59.2 Å². The smallest absolute Gasteiger partial charge is 0.330 e. The normalized spacial score (nSPS) is 10.2. The van der Waals surface area contributed by atoms with Gasteiger partial charge in [-0.25, -0.2) is 24.0 Å². The summed E-state index contributed by atoms with van der Waals surface area (Å²) in [5.41, 5.74) is -2.52. The fourth-order valence-electron chi connectivity index (χ4n) is 2.60. The lowest BCUT2D eigenvalue weighted by atomic mass is 9.92. The van der Waals surface area contributed by atoms with Crippen LogP contribution < -0.4 is 0 Å². The van der Waals surface area contributed by atoms with E-state index in [0.717, 1.165) is 30.4 Å². The molecule has 46 heavy (non-hydrogen) atoms. The van der Waals surface area contributed by atoms with Crippen LogP contribution >= 0.6 is 0 Å². The van der Waals surface area contributed by atoms with Crippen LogP contribution in [0.4, 0.5) is 0 Å². The number of aliphatic hydroxyl groups excluding tert-OH is 1. The highest BCUT2D eigenvalue weighted by molar-refractivity contribution is 5.83. The van der Waals surface area contributed by atoms with E-state index in [4.69, 9.17) is 33.2 Å². The van der Waals surface area contributed by atoms with Crippen molar-refractivity contribution in [3.63, 3.8) is 0 Å². The van der Waals surface area contributed by atoms with E-state index in [-0.39, 0.29) is 59.1 Å². The third kappa shape index (κ3) is 19.3. The fraction of sp³-hybridized carbons (Fsp3) is 0.452. The molecule has 0 aliphatic heterocycles. The molecule has 0 saturated carbocycles. The Balaban J connectivity index is 0. The van der Waals surface area contributed by atoms with Crippen LogP contribution in [0.5, 0.6) is 0 Å². The molecule has 0 unspecified atom stereocenters. The van der Waals surface area contributed by atoms with Gasteiger partial charge in [0.2, 0.25) is 0 Å². The summed E-state index contributed by atoms with van der Waals surface area (Å²) in [6, 6.07) is 0. The number of esters is 7. The quantitative estimate of drug-likeness (QED) is 0.0998. The number of carbonyl (C=O) groups excluding carboxylic acids is 7. The van der Waals surface area contributed by atoms with Crippen LogP contribution in [-0.4, -0.2) is 99.7 Å². The molecule has 0 heterocycles. The summed E-state index contributed by atoms with van der Waals surface area (Å²) < 4.78 is 34.6. The maximum absolute atomic E-state index is 11.4. The molecule has 0 aromatic carbocycles. The van der Waals surface area contributed by atoms with E-state index in [0.29, 0.717) is 0 Å². The Morgan fingerprint density at radius 1 is 0.457 bits per heavy atom. The summed E-state index contributed by atoms with van der Waals surface area (Å²) in [5, 5.41) is 9.51. The zero-order valence-corrected chi connectivity index (χ0v) is 26.2. The fourth-order valence-corrected chi connectivity index (χ4v) is 2.60. The summed E-state index contributed by atoms with van der Waals surface area (Å²) in [6.07, 6.45) is 4.99. The van der Waals surface area contributed by atoms with Crippen LogP contribution in [0, 0.1) is 10.8 Å². The van der Waals surface area contributed by atoms with Crippen LogP contribution in [-0.2, 0) is 66.7 Å². The Hall–Kier alpha value is -5.05. The van der Waals surface area contributed by atoms with Crippen molar-refractivity contribution in [3.05, 3.63) is 63.3 Å². The van der Waals surface area contributed by atoms with E-state index >= 15 is 0 Å². The van der Waals surface area contributed by atoms with Gasteiger partial charge in [-0.3, -0.25) is 9.59 Å². The van der Waals surface area contributed by atoms with Gasteiger partial charge in [0.05, 0.1) is 12.0 Å². The molecule has 0 amide bonds. The highest BCUT2D eigenvalue weighted by Gasteiger charge is 2.37. The van der Waals surface area contributed by atoms with Crippen molar-refractivity contribution in [2.45, 2.75) is 26.7 Å². The molecular weight excluding hydrogens is 612 g/mol. The van der Waals surface area contributed by atoms with Gasteiger partial charge in [0, 0.05) is 43.2 Å². The van der Waals surface area contributed by atoms with E-state index in [2.05, 4.69) is 32.9 Å². The molecule has 0 rings (SSSR count). The van der Waals surface area contributed by atoms with Crippen LogP contribution in [0.15, 0.2) is 63.3 Å². The lowest BCUT2D eigenvalue weighted by Crippen LogP contribution is -2.43. The SMILES string of the molecule is C=CC(=O)OCC(CO)(COC(=O)C=C)COC(=O)CC.C=CC(=O)OCC(COC(=O)C=C)(COC(=O)C=C)COC(=O)CC. The molecule has 15 nitrogen and oxygen atoms in total. The second kappa shape index (κ2) is 24.3. The number of carbonyl (C=O) groups is 7. The Labute approximate surface area is 267 Å². The van der Waals surface area contributed by atoms with Gasteiger partial charge in [0.1, 0.15) is 51.7 Å². The number of hydrogen-bond acceptors (Lipinski definition) is 15. The molecular formula is C31H42O15. The summed E-state index contributed by atoms with van der Waals surface area (Å²) in [5.74, 6) is -4.64. The topological polar surface area (TPSA) is 204 Å². The average Bonchev–Trinajstić information content (AvgIpc) is 3.09. The number of hydrogen-bond donors (Lipinski definition) is 1. The molecule has 0 saturated heterocycles. The zero-order chi connectivity index (χ0) is 35.6. The average molecular weight is 655 g/mol. The monoisotopic (exact) mass is 654 g/mol. The van der Waals surface area contributed by atoms with Gasteiger partial charge in [-0.2, -0.15) is 0 Å². The maximum Gasteiger partial charge on any atom is 0.330 e. The molecule has 15 heteroatoms. The number of aliphatic hydroxyl groups is 1. The largest absolute Gasteiger partial charge is 0.465 e. The minimum Gasteiger partial charge on any atom is -0.465 e. The van der Waals surface area contributed by atoms with Crippen molar-refractivity contribution in [2.24, 2.45) is 10.8 Å². The third-order valence-corrected chi connectivity index (χ3v) is 5.43. The molecule has 1 N–H and O–H groups in total. The van der Waals surface area contributed by atoms with Crippen molar-refractivity contribution < 1.29 is 71.8 Å². The summed E-state index contributed by atoms with van der Waals surface area (Å²) >= 11 is 0. The molecule has 0 radical (unpaired) electrons. The highest BCUT2D eigenvalue weighted by Crippen LogP contribution is 2.22. The molecule has 0 aliphatic rings. The Kier molecular flexibility index (Phi) is 22.7. The molecule has 256 valence electrons. The highest BCUT2D eigenvalue weighted by atomic mass is 16.6. The zero-order valence-electron chi connectivity index (χ0n) is 26.2. The van der Waals surface area contributed by atoms with Crippen LogP contribution in [0.25, 0.3) is 0 Å². The first-order valence-corrected chi connectivity index (χ1v) is 13.6. The predicted molar refractivity (Wildman–Crippen MR) is 160 cm³/mol. The van der Waals surface area contributed by atoms with E-state index in [1.165, 1.54) is 0 Å². The molecule has 0 atom stereocenters. The van der Waals surface area contributed by atoms with Gasteiger partial charge in [-0.05, 0) is 0 Å². The van der Waals surface area contributed by atoms with Gasteiger partial charge >= 0.3 is 41.8 Å². The molecule has 0 aromatic heterocycles. The van der Waals surface area contributed by atoms with Crippen molar-refractivity contribution in [1.82, 2.24) is 0 Å². The van der Waals surface area contributed by atoms with Crippen molar-refractivity contribution in [2.75, 3.05) is 52.9 Å². The minimum atomic E-state index is -1.29. The van der Waals surface area contributed by atoms with Crippen LogP contribution in [0.2, 0.25) is 0 Å². The minimum absolute atomic E-state index is 0.113.